The smallest absolute Gasteiger partial charge is 0.232 e. The summed E-state index contributed by atoms with van der Waals surface area (Å²) in [5.41, 5.74) is 1.81. The van der Waals surface area contributed by atoms with Gasteiger partial charge in [0.2, 0.25) is 15.9 Å². The molecule has 0 bridgehead atoms. The van der Waals surface area contributed by atoms with Crippen LogP contribution in [0.4, 0.5) is 5.69 Å². The fourth-order valence-electron chi connectivity index (χ4n) is 5.62. The molecule has 0 unspecified atom stereocenters. The molecule has 2 heterocycles. The number of piperidine rings is 1. The van der Waals surface area contributed by atoms with Crippen molar-refractivity contribution in [1.82, 2.24) is 9.80 Å². The summed E-state index contributed by atoms with van der Waals surface area (Å²) in [4.78, 5) is 17.4. The lowest BCUT2D eigenvalue weighted by Crippen LogP contribution is -2.44. The lowest BCUT2D eigenvalue weighted by molar-refractivity contribution is -0.135. The highest BCUT2D eigenvalue weighted by atomic mass is 32.2. The number of hydrogen-bond donors (Lipinski definition) is 0. The maximum absolute atomic E-state index is 13.0. The Morgan fingerprint density at radius 2 is 1.80 bits per heavy atom. The fourth-order valence-corrected chi connectivity index (χ4v) is 6.62. The minimum atomic E-state index is -3.30. The molecule has 1 saturated carbocycles. The van der Waals surface area contributed by atoms with E-state index >= 15 is 0 Å². The lowest BCUT2D eigenvalue weighted by atomic mass is 9.67. The second-order valence-corrected chi connectivity index (χ2v) is 11.4. The average molecular weight is 434 g/mol. The molecule has 0 radical (unpaired) electrons. The van der Waals surface area contributed by atoms with Crippen molar-refractivity contribution in [3.05, 3.63) is 29.8 Å². The highest BCUT2D eigenvalue weighted by Gasteiger charge is 2.48. The van der Waals surface area contributed by atoms with Crippen LogP contribution in [0.1, 0.15) is 50.5 Å². The van der Waals surface area contributed by atoms with Crippen LogP contribution in [0.2, 0.25) is 0 Å². The second-order valence-electron chi connectivity index (χ2n) is 9.50. The van der Waals surface area contributed by atoms with Crippen LogP contribution in [0, 0.1) is 5.92 Å². The monoisotopic (exact) mass is 433 g/mol. The summed E-state index contributed by atoms with van der Waals surface area (Å²) in [5, 5.41) is 0. The van der Waals surface area contributed by atoms with E-state index in [1.165, 1.54) is 25.5 Å². The molecule has 1 aliphatic carbocycles. The topological polar surface area (TPSA) is 60.9 Å². The Morgan fingerprint density at radius 3 is 2.47 bits per heavy atom. The normalized spacial score (nSPS) is 27.3. The summed E-state index contributed by atoms with van der Waals surface area (Å²) in [7, 11) is -1.36. The number of fused-ring (bicyclic) bond motifs is 2. The van der Waals surface area contributed by atoms with Gasteiger partial charge < -0.3 is 9.80 Å². The van der Waals surface area contributed by atoms with E-state index in [1.54, 1.807) is 4.31 Å². The van der Waals surface area contributed by atoms with Gasteiger partial charge in [0.15, 0.2) is 0 Å². The Kier molecular flexibility index (Phi) is 6.13. The molecule has 166 valence electrons. The van der Waals surface area contributed by atoms with E-state index in [4.69, 9.17) is 0 Å². The molecular formula is C23H35N3O3S. The fraction of sp³-hybridized carbons (Fsp3) is 0.696. The Morgan fingerprint density at radius 1 is 1.13 bits per heavy atom. The number of hydrogen-bond acceptors (Lipinski definition) is 4. The molecule has 30 heavy (non-hydrogen) atoms. The molecular weight excluding hydrogens is 398 g/mol. The molecule has 2 fully saturated rings. The van der Waals surface area contributed by atoms with Crippen molar-refractivity contribution in [2.24, 2.45) is 5.92 Å². The minimum absolute atomic E-state index is 0.0569. The quantitative estimate of drug-likeness (QED) is 0.716. The first-order valence-corrected chi connectivity index (χ1v) is 13.2. The van der Waals surface area contributed by atoms with Crippen molar-refractivity contribution in [3.8, 4) is 0 Å². The van der Waals surface area contributed by atoms with Crippen LogP contribution < -0.4 is 4.31 Å². The molecule has 2 aliphatic heterocycles. The molecule has 1 saturated heterocycles. The predicted octanol–water partition coefficient (Wildman–Crippen LogP) is 2.84. The van der Waals surface area contributed by atoms with Crippen molar-refractivity contribution in [3.63, 3.8) is 0 Å². The molecule has 1 amide bonds. The zero-order valence-electron chi connectivity index (χ0n) is 18.3. The molecule has 6 nitrogen and oxygen atoms in total. The molecule has 0 N–H and O–H groups in total. The number of nitrogens with zero attached hydrogens (tertiary/aromatic N) is 3. The first-order chi connectivity index (χ1) is 14.3. The lowest BCUT2D eigenvalue weighted by Gasteiger charge is -2.38. The number of anilines is 1. The number of rotatable bonds is 5. The van der Waals surface area contributed by atoms with E-state index in [1.807, 2.05) is 30.1 Å². The third-order valence-corrected chi connectivity index (χ3v) is 8.59. The minimum Gasteiger partial charge on any atom is -0.344 e. The molecule has 4 rings (SSSR count). The Bertz CT molecular complexity index is 871. The molecule has 0 aromatic heterocycles. The Hall–Kier alpha value is -1.60. The standard InChI is InChI=1S/C23H35N3O3S/c1-24(16-17-25-14-6-3-7-15-25)22(27)19-10-12-23(13-11-19)18-26(30(2,28)29)21-9-5-4-8-20(21)23/h4-5,8-9,19H,3,6-7,10-18H2,1-2H3/t19-,23-. The summed E-state index contributed by atoms with van der Waals surface area (Å²) >= 11 is 0. The van der Waals surface area contributed by atoms with Crippen LogP contribution >= 0.6 is 0 Å². The van der Waals surface area contributed by atoms with E-state index in [9.17, 15) is 13.2 Å². The number of carbonyl (C=O) groups is 1. The van der Waals surface area contributed by atoms with Gasteiger partial charge in [-0.2, -0.15) is 0 Å². The van der Waals surface area contributed by atoms with Crippen molar-refractivity contribution in [2.45, 2.75) is 50.4 Å². The van der Waals surface area contributed by atoms with Gasteiger partial charge >= 0.3 is 0 Å². The van der Waals surface area contributed by atoms with Crippen molar-refractivity contribution < 1.29 is 13.2 Å². The van der Waals surface area contributed by atoms with Crippen LogP contribution in [0.3, 0.4) is 0 Å². The summed E-state index contributed by atoms with van der Waals surface area (Å²) in [6, 6.07) is 7.89. The van der Waals surface area contributed by atoms with E-state index in [-0.39, 0.29) is 17.2 Å². The van der Waals surface area contributed by atoms with Gasteiger partial charge in [-0.15, -0.1) is 0 Å². The Labute approximate surface area is 181 Å². The highest BCUT2D eigenvalue weighted by Crippen LogP contribution is 2.51. The van der Waals surface area contributed by atoms with E-state index in [0.29, 0.717) is 6.54 Å². The van der Waals surface area contributed by atoms with E-state index < -0.39 is 10.0 Å². The molecule has 3 aliphatic rings. The molecule has 1 spiro atoms. The number of benzene rings is 1. The van der Waals surface area contributed by atoms with Crippen LogP contribution in [0.15, 0.2) is 24.3 Å². The van der Waals surface area contributed by atoms with Crippen LogP contribution in [0.5, 0.6) is 0 Å². The van der Waals surface area contributed by atoms with Crippen molar-refractivity contribution >= 4 is 21.6 Å². The Balaban J connectivity index is 1.38. The number of amides is 1. The molecule has 1 aromatic carbocycles. The van der Waals surface area contributed by atoms with Gasteiger partial charge in [-0.25, -0.2) is 8.42 Å². The summed E-state index contributed by atoms with van der Waals surface area (Å²) in [6.07, 6.45) is 8.56. The van der Waals surface area contributed by atoms with E-state index in [0.717, 1.165) is 63.1 Å². The number of likely N-dealkylation sites (tertiary alicyclic amines) is 1. The molecule has 1 aromatic rings. The third kappa shape index (κ3) is 4.24. The first kappa shape index (κ1) is 21.6. The number of carbonyl (C=O) groups excluding carboxylic acids is 1. The second kappa shape index (κ2) is 8.50. The zero-order chi connectivity index (χ0) is 21.4. The van der Waals surface area contributed by atoms with Gasteiger partial charge in [0.25, 0.3) is 0 Å². The van der Waals surface area contributed by atoms with Crippen LogP contribution in [-0.2, 0) is 20.2 Å². The largest absolute Gasteiger partial charge is 0.344 e. The van der Waals surface area contributed by atoms with Gasteiger partial charge in [-0.1, -0.05) is 24.6 Å². The number of sulfonamides is 1. The van der Waals surface area contributed by atoms with Crippen molar-refractivity contribution in [2.75, 3.05) is 50.3 Å². The summed E-state index contributed by atoms with van der Waals surface area (Å²) in [5.74, 6) is 0.314. The highest BCUT2D eigenvalue weighted by molar-refractivity contribution is 7.92. The summed E-state index contributed by atoms with van der Waals surface area (Å²) < 4.78 is 26.3. The van der Waals surface area contributed by atoms with Crippen LogP contribution in [-0.4, -0.2) is 70.2 Å². The molecule has 7 heteroatoms. The third-order valence-electron chi connectivity index (χ3n) is 7.46. The molecule has 0 atom stereocenters. The van der Waals surface area contributed by atoms with Gasteiger partial charge in [0.05, 0.1) is 11.9 Å². The maximum atomic E-state index is 13.0. The SMILES string of the molecule is CN(CCN1CCCCC1)C(=O)[C@H]1CC[C@]2(CC1)CN(S(C)(=O)=O)c1ccccc12. The number of para-hydroxylation sites is 1. The van der Waals surface area contributed by atoms with Crippen LogP contribution in [0.25, 0.3) is 0 Å². The van der Waals surface area contributed by atoms with Gasteiger partial charge in [0.1, 0.15) is 0 Å². The number of likely N-dealkylation sites (N-methyl/N-ethyl adjacent to an activating group) is 1. The van der Waals surface area contributed by atoms with Crippen molar-refractivity contribution in [1.29, 1.82) is 0 Å². The van der Waals surface area contributed by atoms with Gasteiger partial charge in [-0.05, 0) is 63.2 Å². The van der Waals surface area contributed by atoms with Gasteiger partial charge in [-0.3, -0.25) is 9.10 Å². The maximum Gasteiger partial charge on any atom is 0.232 e. The van der Waals surface area contributed by atoms with E-state index in [2.05, 4.69) is 11.0 Å². The summed E-state index contributed by atoms with van der Waals surface area (Å²) in [6.45, 7) is 4.59. The van der Waals surface area contributed by atoms with Gasteiger partial charge in [0, 0.05) is 38.0 Å². The average Bonchev–Trinajstić information content (AvgIpc) is 3.07. The zero-order valence-corrected chi connectivity index (χ0v) is 19.2. The first-order valence-electron chi connectivity index (χ1n) is 11.3. The predicted molar refractivity (Wildman–Crippen MR) is 120 cm³/mol.